The molecular weight excluding hydrogens is 379 g/mol. The highest BCUT2D eigenvalue weighted by Crippen LogP contribution is 2.33. The molecule has 0 aliphatic carbocycles. The Labute approximate surface area is 159 Å². The minimum absolute atomic E-state index is 0.144. The monoisotopic (exact) mass is 394 g/mol. The SMILES string of the molecule is C[C@@H](c1nc2ccccc2s1)N(C)C(=O)COc1c(Cl)cccc1Cl. The van der Waals surface area contributed by atoms with Gasteiger partial charge < -0.3 is 9.64 Å². The van der Waals surface area contributed by atoms with E-state index in [-0.39, 0.29) is 18.6 Å². The molecule has 0 fully saturated rings. The number of benzene rings is 2. The number of thiazole rings is 1. The molecule has 0 unspecified atom stereocenters. The molecular formula is C18H16Cl2N2O2S. The zero-order valence-electron chi connectivity index (χ0n) is 13.7. The third kappa shape index (κ3) is 3.89. The van der Waals surface area contributed by atoms with Gasteiger partial charge in [-0.1, -0.05) is 41.4 Å². The standard InChI is InChI=1S/C18H16Cl2N2O2S/c1-11(18-21-14-8-3-4-9-15(14)25-18)22(2)16(23)10-24-17-12(19)6-5-7-13(17)20/h3-9,11H,10H2,1-2H3/t11-/m0/s1. The summed E-state index contributed by atoms with van der Waals surface area (Å²) in [7, 11) is 1.73. The molecule has 0 aliphatic rings. The number of halogens is 2. The van der Waals surface area contributed by atoms with Gasteiger partial charge in [0.05, 0.1) is 26.3 Å². The number of carbonyl (C=O) groups excluding carboxylic acids is 1. The second kappa shape index (κ2) is 7.60. The van der Waals surface area contributed by atoms with Gasteiger partial charge in [0.1, 0.15) is 5.01 Å². The van der Waals surface area contributed by atoms with E-state index in [0.717, 1.165) is 15.2 Å². The first-order chi connectivity index (χ1) is 12.0. The van der Waals surface area contributed by atoms with Crippen LogP contribution in [-0.2, 0) is 4.79 Å². The van der Waals surface area contributed by atoms with Crippen LogP contribution in [0.1, 0.15) is 18.0 Å². The van der Waals surface area contributed by atoms with Crippen molar-refractivity contribution in [3.63, 3.8) is 0 Å². The topological polar surface area (TPSA) is 42.4 Å². The fraction of sp³-hybridized carbons (Fsp3) is 0.222. The number of amides is 1. The molecule has 1 atom stereocenters. The molecule has 0 saturated carbocycles. The van der Waals surface area contributed by atoms with Gasteiger partial charge in [-0.3, -0.25) is 4.79 Å². The molecule has 3 aromatic rings. The minimum atomic E-state index is -0.178. The van der Waals surface area contributed by atoms with Crippen LogP contribution < -0.4 is 4.74 Å². The maximum atomic E-state index is 12.5. The van der Waals surface area contributed by atoms with E-state index in [2.05, 4.69) is 4.98 Å². The van der Waals surface area contributed by atoms with Crippen LogP contribution in [0.3, 0.4) is 0 Å². The molecule has 0 radical (unpaired) electrons. The van der Waals surface area contributed by atoms with Gasteiger partial charge in [-0.05, 0) is 31.2 Å². The molecule has 1 heterocycles. The number of aromatic nitrogens is 1. The zero-order valence-corrected chi connectivity index (χ0v) is 16.0. The van der Waals surface area contributed by atoms with Crippen molar-refractivity contribution in [1.29, 1.82) is 0 Å². The number of fused-ring (bicyclic) bond motifs is 1. The molecule has 0 saturated heterocycles. The van der Waals surface area contributed by atoms with Crippen molar-refractivity contribution in [1.82, 2.24) is 9.88 Å². The highest BCUT2D eigenvalue weighted by molar-refractivity contribution is 7.18. The molecule has 25 heavy (non-hydrogen) atoms. The average Bonchev–Trinajstić information content (AvgIpc) is 3.04. The van der Waals surface area contributed by atoms with E-state index in [1.165, 1.54) is 0 Å². The minimum Gasteiger partial charge on any atom is -0.481 e. The Balaban J connectivity index is 1.69. The van der Waals surface area contributed by atoms with Crippen LogP contribution in [0.4, 0.5) is 0 Å². The van der Waals surface area contributed by atoms with Crippen molar-refractivity contribution in [2.75, 3.05) is 13.7 Å². The summed E-state index contributed by atoms with van der Waals surface area (Å²) in [5, 5.41) is 1.64. The summed E-state index contributed by atoms with van der Waals surface area (Å²) >= 11 is 13.7. The summed E-state index contributed by atoms with van der Waals surface area (Å²) in [4.78, 5) is 18.7. The molecule has 0 N–H and O–H groups in total. The molecule has 0 spiro atoms. The number of hydrogen-bond donors (Lipinski definition) is 0. The Morgan fingerprint density at radius 3 is 2.56 bits per heavy atom. The maximum Gasteiger partial charge on any atom is 0.260 e. The van der Waals surface area contributed by atoms with Gasteiger partial charge in [-0.15, -0.1) is 11.3 Å². The first-order valence-corrected chi connectivity index (χ1v) is 9.22. The van der Waals surface area contributed by atoms with Crippen LogP contribution in [0.15, 0.2) is 42.5 Å². The van der Waals surface area contributed by atoms with Crippen LogP contribution in [0, 0.1) is 0 Å². The van der Waals surface area contributed by atoms with Crippen LogP contribution in [0.25, 0.3) is 10.2 Å². The Bertz CT molecular complexity index is 860. The third-order valence-corrected chi connectivity index (χ3v) is 5.70. The van der Waals surface area contributed by atoms with E-state index in [1.54, 1.807) is 41.5 Å². The molecule has 1 aromatic heterocycles. The molecule has 1 amide bonds. The van der Waals surface area contributed by atoms with Gasteiger partial charge in [-0.25, -0.2) is 4.98 Å². The van der Waals surface area contributed by atoms with Crippen molar-refractivity contribution < 1.29 is 9.53 Å². The summed E-state index contributed by atoms with van der Waals surface area (Å²) in [5.41, 5.74) is 0.939. The number of rotatable bonds is 5. The molecule has 4 nitrogen and oxygen atoms in total. The molecule has 0 aliphatic heterocycles. The Morgan fingerprint density at radius 2 is 1.88 bits per heavy atom. The fourth-order valence-electron chi connectivity index (χ4n) is 2.31. The van der Waals surface area contributed by atoms with E-state index in [9.17, 15) is 4.79 Å². The van der Waals surface area contributed by atoms with Gasteiger partial charge in [0.2, 0.25) is 0 Å². The lowest BCUT2D eigenvalue weighted by Crippen LogP contribution is -2.33. The lowest BCUT2D eigenvalue weighted by Gasteiger charge is -2.23. The number of hydrogen-bond acceptors (Lipinski definition) is 4. The Morgan fingerprint density at radius 1 is 1.20 bits per heavy atom. The van der Waals surface area contributed by atoms with Crippen molar-refractivity contribution in [2.24, 2.45) is 0 Å². The quantitative estimate of drug-likeness (QED) is 0.596. The number of para-hydroxylation sites is 2. The second-order valence-corrected chi connectivity index (χ2v) is 7.42. The van der Waals surface area contributed by atoms with Crippen molar-refractivity contribution in [3.05, 3.63) is 57.5 Å². The summed E-state index contributed by atoms with van der Waals surface area (Å²) in [6.45, 7) is 1.80. The average molecular weight is 395 g/mol. The first kappa shape index (κ1) is 18.0. The maximum absolute atomic E-state index is 12.5. The highest BCUT2D eigenvalue weighted by Gasteiger charge is 2.21. The van der Waals surface area contributed by atoms with E-state index in [1.807, 2.05) is 31.2 Å². The zero-order chi connectivity index (χ0) is 18.0. The van der Waals surface area contributed by atoms with Crippen LogP contribution in [0.5, 0.6) is 5.75 Å². The van der Waals surface area contributed by atoms with Gasteiger partial charge in [0.25, 0.3) is 5.91 Å². The molecule has 2 aromatic carbocycles. The summed E-state index contributed by atoms with van der Waals surface area (Å²) in [5.74, 6) is 0.142. The fourth-order valence-corrected chi connectivity index (χ4v) is 3.88. The van der Waals surface area contributed by atoms with Crippen molar-refractivity contribution in [2.45, 2.75) is 13.0 Å². The van der Waals surface area contributed by atoms with Crippen molar-refractivity contribution in [3.8, 4) is 5.75 Å². The molecule has 0 bridgehead atoms. The number of ether oxygens (including phenoxy) is 1. The van der Waals surface area contributed by atoms with E-state index < -0.39 is 0 Å². The van der Waals surface area contributed by atoms with Gasteiger partial charge in [-0.2, -0.15) is 0 Å². The predicted octanol–water partition coefficient (Wildman–Crippen LogP) is 5.20. The first-order valence-electron chi connectivity index (χ1n) is 7.65. The molecule has 3 rings (SSSR count). The molecule has 7 heteroatoms. The van der Waals surface area contributed by atoms with Crippen LogP contribution in [0.2, 0.25) is 10.0 Å². The largest absolute Gasteiger partial charge is 0.481 e. The molecule has 130 valence electrons. The number of carbonyl (C=O) groups is 1. The number of nitrogens with zero attached hydrogens (tertiary/aromatic N) is 2. The van der Waals surface area contributed by atoms with E-state index in [0.29, 0.717) is 15.8 Å². The van der Waals surface area contributed by atoms with Gasteiger partial charge in [0.15, 0.2) is 12.4 Å². The van der Waals surface area contributed by atoms with Gasteiger partial charge in [0, 0.05) is 7.05 Å². The summed E-state index contributed by atoms with van der Waals surface area (Å²) < 4.78 is 6.62. The van der Waals surface area contributed by atoms with Crippen LogP contribution >= 0.6 is 34.5 Å². The Hall–Kier alpha value is -1.82. The number of likely N-dealkylation sites (N-methyl/N-ethyl adjacent to an activating group) is 1. The smallest absolute Gasteiger partial charge is 0.260 e. The summed E-state index contributed by atoms with van der Waals surface area (Å²) in [6, 6.07) is 12.8. The summed E-state index contributed by atoms with van der Waals surface area (Å²) in [6.07, 6.45) is 0. The van der Waals surface area contributed by atoms with E-state index >= 15 is 0 Å². The Kier molecular flexibility index (Phi) is 5.47. The lowest BCUT2D eigenvalue weighted by molar-refractivity contribution is -0.134. The lowest BCUT2D eigenvalue weighted by atomic mass is 10.3. The second-order valence-electron chi connectivity index (χ2n) is 5.54. The predicted molar refractivity (Wildman–Crippen MR) is 103 cm³/mol. The highest BCUT2D eigenvalue weighted by atomic mass is 35.5. The van der Waals surface area contributed by atoms with Crippen molar-refractivity contribution >= 4 is 50.7 Å². The van der Waals surface area contributed by atoms with Crippen LogP contribution in [-0.4, -0.2) is 29.4 Å². The van der Waals surface area contributed by atoms with Gasteiger partial charge >= 0.3 is 0 Å². The van der Waals surface area contributed by atoms with E-state index in [4.69, 9.17) is 27.9 Å². The third-order valence-electron chi connectivity index (χ3n) is 3.90. The normalized spacial score (nSPS) is 12.2.